The lowest BCUT2D eigenvalue weighted by Crippen LogP contribution is -2.42. The van der Waals surface area contributed by atoms with Crippen molar-refractivity contribution in [2.45, 2.75) is 38.6 Å². The number of piperidine rings is 1. The van der Waals surface area contributed by atoms with Crippen molar-refractivity contribution < 1.29 is 4.79 Å². The lowest BCUT2D eigenvalue weighted by Gasteiger charge is -2.33. The van der Waals surface area contributed by atoms with Crippen LogP contribution in [0.15, 0.2) is 42.5 Å². The molecule has 104 valence electrons. The largest absolute Gasteiger partial charge is 0.340 e. The third-order valence-corrected chi connectivity index (χ3v) is 4.29. The lowest BCUT2D eigenvalue weighted by molar-refractivity contribution is -0.133. The molecular formula is C18H21NO. The molecule has 1 aliphatic rings. The van der Waals surface area contributed by atoms with Crippen molar-refractivity contribution in [3.63, 3.8) is 0 Å². The predicted octanol–water partition coefficient (Wildman–Crippen LogP) is 3.78. The van der Waals surface area contributed by atoms with E-state index in [1.54, 1.807) is 0 Å². The molecule has 1 heterocycles. The smallest absolute Gasteiger partial charge is 0.227 e. The van der Waals surface area contributed by atoms with E-state index < -0.39 is 0 Å². The monoisotopic (exact) mass is 267 g/mol. The second-order valence-corrected chi connectivity index (χ2v) is 5.79. The van der Waals surface area contributed by atoms with E-state index in [2.05, 4.69) is 42.2 Å². The van der Waals surface area contributed by atoms with Gasteiger partial charge in [-0.2, -0.15) is 0 Å². The van der Waals surface area contributed by atoms with E-state index in [4.69, 9.17) is 0 Å². The van der Waals surface area contributed by atoms with E-state index in [9.17, 15) is 4.79 Å². The molecule has 0 spiro atoms. The Morgan fingerprint density at radius 2 is 1.95 bits per heavy atom. The van der Waals surface area contributed by atoms with E-state index >= 15 is 0 Å². The normalized spacial score (nSPS) is 19.2. The molecule has 0 N–H and O–H groups in total. The van der Waals surface area contributed by atoms with Gasteiger partial charge in [-0.25, -0.2) is 0 Å². The minimum Gasteiger partial charge on any atom is -0.340 e. The highest BCUT2D eigenvalue weighted by Crippen LogP contribution is 2.20. The van der Waals surface area contributed by atoms with Crippen molar-refractivity contribution in [3.05, 3.63) is 48.0 Å². The molecule has 1 amide bonds. The van der Waals surface area contributed by atoms with Crippen LogP contribution in [0.25, 0.3) is 10.8 Å². The molecule has 0 aromatic heterocycles. The van der Waals surface area contributed by atoms with Crippen molar-refractivity contribution in [1.29, 1.82) is 0 Å². The predicted molar refractivity (Wildman–Crippen MR) is 82.7 cm³/mol. The lowest BCUT2D eigenvalue weighted by atomic mass is 10.0. The molecule has 0 saturated carbocycles. The maximum atomic E-state index is 12.4. The Morgan fingerprint density at radius 3 is 2.75 bits per heavy atom. The molecule has 1 atom stereocenters. The zero-order valence-corrected chi connectivity index (χ0v) is 12.0. The third-order valence-electron chi connectivity index (χ3n) is 4.29. The van der Waals surface area contributed by atoms with Crippen LogP contribution < -0.4 is 0 Å². The fourth-order valence-corrected chi connectivity index (χ4v) is 3.09. The number of hydrogen-bond donors (Lipinski definition) is 0. The van der Waals surface area contributed by atoms with Crippen LogP contribution in [0.5, 0.6) is 0 Å². The van der Waals surface area contributed by atoms with Gasteiger partial charge in [0.25, 0.3) is 0 Å². The molecule has 2 nitrogen and oxygen atoms in total. The summed E-state index contributed by atoms with van der Waals surface area (Å²) in [6, 6.07) is 15.0. The van der Waals surface area contributed by atoms with Gasteiger partial charge in [0, 0.05) is 12.6 Å². The molecule has 0 aliphatic carbocycles. The van der Waals surface area contributed by atoms with Gasteiger partial charge in [-0.05, 0) is 42.5 Å². The van der Waals surface area contributed by atoms with Gasteiger partial charge in [-0.15, -0.1) is 0 Å². The average molecular weight is 267 g/mol. The Morgan fingerprint density at radius 1 is 1.15 bits per heavy atom. The summed E-state index contributed by atoms with van der Waals surface area (Å²) >= 11 is 0. The fourth-order valence-electron chi connectivity index (χ4n) is 3.09. The zero-order chi connectivity index (χ0) is 13.9. The van der Waals surface area contributed by atoms with Gasteiger partial charge in [0.2, 0.25) is 5.91 Å². The highest BCUT2D eigenvalue weighted by Gasteiger charge is 2.22. The maximum Gasteiger partial charge on any atom is 0.227 e. The van der Waals surface area contributed by atoms with Crippen LogP contribution >= 0.6 is 0 Å². The van der Waals surface area contributed by atoms with Gasteiger partial charge in [-0.1, -0.05) is 42.5 Å². The van der Waals surface area contributed by atoms with Gasteiger partial charge in [0.05, 0.1) is 6.42 Å². The first-order valence-corrected chi connectivity index (χ1v) is 7.51. The highest BCUT2D eigenvalue weighted by atomic mass is 16.2. The van der Waals surface area contributed by atoms with Gasteiger partial charge < -0.3 is 4.90 Å². The summed E-state index contributed by atoms with van der Waals surface area (Å²) in [6.45, 7) is 3.09. The average Bonchev–Trinajstić information content (AvgIpc) is 2.47. The van der Waals surface area contributed by atoms with Crippen LogP contribution in [0.4, 0.5) is 0 Å². The SMILES string of the molecule is CC1CCCCN1C(=O)Cc1ccc2ccccc2c1. The highest BCUT2D eigenvalue weighted by molar-refractivity contribution is 5.85. The number of likely N-dealkylation sites (tertiary alicyclic amines) is 1. The summed E-state index contributed by atoms with van der Waals surface area (Å²) in [5, 5.41) is 2.44. The summed E-state index contributed by atoms with van der Waals surface area (Å²) in [5.74, 6) is 0.271. The molecule has 1 fully saturated rings. The Kier molecular flexibility index (Phi) is 3.72. The molecule has 0 radical (unpaired) electrons. The van der Waals surface area contributed by atoms with Crippen LogP contribution in [-0.2, 0) is 11.2 Å². The van der Waals surface area contributed by atoms with Crippen LogP contribution in [0.1, 0.15) is 31.7 Å². The Balaban J connectivity index is 1.76. The number of nitrogens with zero attached hydrogens (tertiary/aromatic N) is 1. The number of carbonyl (C=O) groups excluding carboxylic acids is 1. The number of fused-ring (bicyclic) bond motifs is 1. The maximum absolute atomic E-state index is 12.4. The Labute approximate surface area is 120 Å². The first-order valence-electron chi connectivity index (χ1n) is 7.51. The molecule has 1 aliphatic heterocycles. The quantitative estimate of drug-likeness (QED) is 0.811. The number of amides is 1. The molecule has 0 bridgehead atoms. The van der Waals surface area contributed by atoms with Crippen molar-refractivity contribution in [1.82, 2.24) is 4.90 Å². The second kappa shape index (κ2) is 5.66. The molecule has 2 aromatic rings. The molecule has 3 rings (SSSR count). The van der Waals surface area contributed by atoms with Crippen LogP contribution in [-0.4, -0.2) is 23.4 Å². The number of benzene rings is 2. The first kappa shape index (κ1) is 13.2. The summed E-state index contributed by atoms with van der Waals surface area (Å²) in [5.41, 5.74) is 1.12. The van der Waals surface area contributed by atoms with E-state index in [1.807, 2.05) is 12.1 Å². The fraction of sp³-hybridized carbons (Fsp3) is 0.389. The number of hydrogen-bond acceptors (Lipinski definition) is 1. The summed E-state index contributed by atoms with van der Waals surface area (Å²) in [7, 11) is 0. The van der Waals surface area contributed by atoms with Crippen molar-refractivity contribution in [2.75, 3.05) is 6.54 Å². The Bertz CT molecular complexity index is 620. The second-order valence-electron chi connectivity index (χ2n) is 5.79. The Hall–Kier alpha value is -1.83. The van der Waals surface area contributed by atoms with Crippen molar-refractivity contribution in [3.8, 4) is 0 Å². The molecule has 2 heteroatoms. The van der Waals surface area contributed by atoms with E-state index in [0.29, 0.717) is 12.5 Å². The summed E-state index contributed by atoms with van der Waals surface area (Å²) < 4.78 is 0. The van der Waals surface area contributed by atoms with E-state index in [-0.39, 0.29) is 5.91 Å². The minimum atomic E-state index is 0.271. The summed E-state index contributed by atoms with van der Waals surface area (Å²) in [4.78, 5) is 14.5. The van der Waals surface area contributed by atoms with E-state index in [0.717, 1.165) is 24.9 Å². The van der Waals surface area contributed by atoms with Crippen molar-refractivity contribution in [2.24, 2.45) is 0 Å². The third kappa shape index (κ3) is 2.69. The molecule has 1 unspecified atom stereocenters. The minimum absolute atomic E-state index is 0.271. The van der Waals surface area contributed by atoms with Gasteiger partial charge in [0.15, 0.2) is 0 Å². The number of rotatable bonds is 2. The summed E-state index contributed by atoms with van der Waals surface area (Å²) in [6.07, 6.45) is 4.06. The topological polar surface area (TPSA) is 20.3 Å². The first-order chi connectivity index (χ1) is 9.74. The molecule has 1 saturated heterocycles. The molecule has 20 heavy (non-hydrogen) atoms. The van der Waals surface area contributed by atoms with Gasteiger partial charge in [0.1, 0.15) is 0 Å². The van der Waals surface area contributed by atoms with Crippen LogP contribution in [0, 0.1) is 0 Å². The van der Waals surface area contributed by atoms with Crippen LogP contribution in [0.3, 0.4) is 0 Å². The zero-order valence-electron chi connectivity index (χ0n) is 12.0. The molecule has 2 aromatic carbocycles. The van der Waals surface area contributed by atoms with Gasteiger partial charge >= 0.3 is 0 Å². The standard InChI is InChI=1S/C18H21NO/c1-14-6-4-5-11-19(14)18(20)13-15-9-10-16-7-2-3-8-17(16)12-15/h2-3,7-10,12,14H,4-6,11,13H2,1H3. The number of carbonyl (C=O) groups is 1. The van der Waals surface area contributed by atoms with E-state index in [1.165, 1.54) is 17.2 Å². The van der Waals surface area contributed by atoms with Crippen LogP contribution in [0.2, 0.25) is 0 Å². The van der Waals surface area contributed by atoms with Gasteiger partial charge in [-0.3, -0.25) is 4.79 Å². The van der Waals surface area contributed by atoms with Crippen molar-refractivity contribution >= 4 is 16.7 Å². The molecular weight excluding hydrogens is 246 g/mol.